The molecule has 0 amide bonds. The van der Waals surface area contributed by atoms with Crippen LogP contribution >= 0.6 is 0 Å². The maximum Gasteiger partial charge on any atom is 0.282 e. The lowest BCUT2D eigenvalue weighted by atomic mass is 9.92. The van der Waals surface area contributed by atoms with Crippen LogP contribution in [0, 0.1) is 0 Å². The van der Waals surface area contributed by atoms with E-state index in [9.17, 15) is 13.5 Å². The molecule has 0 saturated carbocycles. The lowest BCUT2D eigenvalue weighted by Gasteiger charge is -2.40. The maximum atomic E-state index is 12.5. The van der Waals surface area contributed by atoms with Crippen molar-refractivity contribution in [2.45, 2.75) is 51.0 Å². The molecule has 106 valence electrons. The predicted octanol–water partition coefficient (Wildman–Crippen LogP) is 0.954. The molecule has 2 aliphatic rings. The highest BCUT2D eigenvalue weighted by Gasteiger charge is 2.39. The number of piperidine rings is 2. The molecule has 6 heteroatoms. The molecule has 2 aliphatic heterocycles. The first-order chi connectivity index (χ1) is 8.48. The van der Waals surface area contributed by atoms with Gasteiger partial charge in [0.2, 0.25) is 0 Å². The summed E-state index contributed by atoms with van der Waals surface area (Å²) in [6, 6.07) is 0. The minimum absolute atomic E-state index is 0.252. The molecular weight excluding hydrogens is 252 g/mol. The van der Waals surface area contributed by atoms with Crippen LogP contribution in [0.25, 0.3) is 0 Å². The summed E-state index contributed by atoms with van der Waals surface area (Å²) in [5.74, 6) is 0. The quantitative estimate of drug-likeness (QED) is 0.835. The Kier molecular flexibility index (Phi) is 4.31. The van der Waals surface area contributed by atoms with Gasteiger partial charge in [0, 0.05) is 26.2 Å². The average molecular weight is 276 g/mol. The zero-order chi connectivity index (χ0) is 13.2. The molecule has 5 nitrogen and oxygen atoms in total. The Bertz CT molecular complexity index is 379. The van der Waals surface area contributed by atoms with Gasteiger partial charge in [0.1, 0.15) is 0 Å². The molecule has 0 aromatic carbocycles. The van der Waals surface area contributed by atoms with Crippen LogP contribution in [-0.4, -0.2) is 53.9 Å². The van der Waals surface area contributed by atoms with E-state index in [2.05, 4.69) is 0 Å². The Morgan fingerprint density at radius 1 is 1.06 bits per heavy atom. The van der Waals surface area contributed by atoms with Crippen LogP contribution in [0.4, 0.5) is 0 Å². The summed E-state index contributed by atoms with van der Waals surface area (Å²) in [6.45, 7) is 3.97. The number of aliphatic hydroxyl groups is 1. The van der Waals surface area contributed by atoms with Crippen molar-refractivity contribution in [1.82, 2.24) is 8.61 Å². The molecule has 18 heavy (non-hydrogen) atoms. The van der Waals surface area contributed by atoms with Crippen molar-refractivity contribution in [2.24, 2.45) is 0 Å². The third-order valence-electron chi connectivity index (χ3n) is 4.15. The second kappa shape index (κ2) is 5.45. The largest absolute Gasteiger partial charge is 0.389 e. The third-order valence-corrected chi connectivity index (χ3v) is 6.13. The fourth-order valence-electron chi connectivity index (χ4n) is 2.82. The van der Waals surface area contributed by atoms with Crippen molar-refractivity contribution in [1.29, 1.82) is 0 Å². The van der Waals surface area contributed by atoms with E-state index in [4.69, 9.17) is 0 Å². The SMILES string of the molecule is CCC1(O)CCCN(S(=O)(=O)N2CCCCC2)C1. The Labute approximate surface area is 110 Å². The Morgan fingerprint density at radius 3 is 2.28 bits per heavy atom. The molecule has 1 atom stereocenters. The number of hydrogen-bond acceptors (Lipinski definition) is 3. The number of nitrogens with zero attached hydrogens (tertiary/aromatic N) is 2. The third kappa shape index (κ3) is 2.87. The summed E-state index contributed by atoms with van der Waals surface area (Å²) in [6.07, 6.45) is 5.08. The second-order valence-electron chi connectivity index (χ2n) is 5.48. The van der Waals surface area contributed by atoms with Gasteiger partial charge in [0.25, 0.3) is 10.2 Å². The lowest BCUT2D eigenvalue weighted by Crippen LogP contribution is -2.54. The van der Waals surface area contributed by atoms with Gasteiger partial charge >= 0.3 is 0 Å². The average Bonchev–Trinajstić information content (AvgIpc) is 2.40. The van der Waals surface area contributed by atoms with Crippen molar-refractivity contribution < 1.29 is 13.5 Å². The minimum atomic E-state index is -3.36. The topological polar surface area (TPSA) is 60.9 Å². The molecule has 2 fully saturated rings. The number of β-amino-alcohol motifs (C(OH)–C–C–N with tert-alkyl or cyclic N) is 1. The minimum Gasteiger partial charge on any atom is -0.389 e. The Balaban J connectivity index is 2.09. The van der Waals surface area contributed by atoms with Gasteiger partial charge in [-0.25, -0.2) is 0 Å². The first kappa shape index (κ1) is 14.2. The van der Waals surface area contributed by atoms with Crippen LogP contribution in [0.5, 0.6) is 0 Å². The normalized spacial score (nSPS) is 32.6. The van der Waals surface area contributed by atoms with E-state index in [0.29, 0.717) is 32.5 Å². The monoisotopic (exact) mass is 276 g/mol. The van der Waals surface area contributed by atoms with Gasteiger partial charge in [-0.3, -0.25) is 0 Å². The molecule has 0 aliphatic carbocycles. The molecule has 0 aromatic heterocycles. The van der Waals surface area contributed by atoms with Gasteiger partial charge < -0.3 is 5.11 Å². The van der Waals surface area contributed by atoms with Gasteiger partial charge in [-0.1, -0.05) is 13.3 Å². The number of hydrogen-bond donors (Lipinski definition) is 1. The molecule has 0 bridgehead atoms. The fourth-order valence-corrected chi connectivity index (χ4v) is 4.62. The summed E-state index contributed by atoms with van der Waals surface area (Å²) < 4.78 is 28.0. The zero-order valence-corrected chi connectivity index (χ0v) is 12.0. The van der Waals surface area contributed by atoms with Crippen LogP contribution < -0.4 is 0 Å². The van der Waals surface area contributed by atoms with Crippen molar-refractivity contribution in [3.05, 3.63) is 0 Å². The molecular formula is C12H24N2O3S. The van der Waals surface area contributed by atoms with Gasteiger partial charge in [0.05, 0.1) is 5.60 Å². The highest BCUT2D eigenvalue weighted by molar-refractivity contribution is 7.86. The molecule has 1 N–H and O–H groups in total. The molecule has 0 spiro atoms. The van der Waals surface area contributed by atoms with Crippen molar-refractivity contribution >= 4 is 10.2 Å². The van der Waals surface area contributed by atoms with E-state index >= 15 is 0 Å². The molecule has 2 saturated heterocycles. The van der Waals surface area contributed by atoms with E-state index in [1.54, 1.807) is 4.31 Å². The van der Waals surface area contributed by atoms with Crippen LogP contribution in [0.15, 0.2) is 0 Å². The molecule has 0 aromatic rings. The van der Waals surface area contributed by atoms with Crippen LogP contribution in [0.3, 0.4) is 0 Å². The highest BCUT2D eigenvalue weighted by Crippen LogP contribution is 2.27. The first-order valence-electron chi connectivity index (χ1n) is 6.95. The van der Waals surface area contributed by atoms with Crippen molar-refractivity contribution in [2.75, 3.05) is 26.2 Å². The first-order valence-corrected chi connectivity index (χ1v) is 8.35. The van der Waals surface area contributed by atoms with Gasteiger partial charge in [-0.2, -0.15) is 17.0 Å². The lowest BCUT2D eigenvalue weighted by molar-refractivity contribution is -0.0122. The zero-order valence-electron chi connectivity index (χ0n) is 11.1. The number of rotatable bonds is 3. The van der Waals surface area contributed by atoms with Crippen LogP contribution in [0.1, 0.15) is 45.4 Å². The second-order valence-corrected chi connectivity index (χ2v) is 7.41. The Morgan fingerprint density at radius 2 is 1.67 bits per heavy atom. The summed E-state index contributed by atoms with van der Waals surface area (Å²) in [5, 5.41) is 10.3. The molecule has 1 unspecified atom stereocenters. The predicted molar refractivity (Wildman–Crippen MR) is 70.4 cm³/mol. The van der Waals surface area contributed by atoms with Gasteiger partial charge in [0.15, 0.2) is 0 Å². The van der Waals surface area contributed by atoms with Gasteiger partial charge in [-0.15, -0.1) is 0 Å². The summed E-state index contributed by atoms with van der Waals surface area (Å²) in [5.41, 5.74) is -0.832. The van der Waals surface area contributed by atoms with E-state index in [-0.39, 0.29) is 6.54 Å². The van der Waals surface area contributed by atoms with E-state index in [1.165, 1.54) is 4.31 Å². The van der Waals surface area contributed by atoms with Crippen molar-refractivity contribution in [3.63, 3.8) is 0 Å². The summed E-state index contributed by atoms with van der Waals surface area (Å²) >= 11 is 0. The van der Waals surface area contributed by atoms with Crippen molar-refractivity contribution in [3.8, 4) is 0 Å². The molecule has 2 rings (SSSR count). The summed E-state index contributed by atoms with van der Waals surface area (Å²) in [7, 11) is -3.36. The van der Waals surface area contributed by atoms with Gasteiger partial charge in [-0.05, 0) is 32.1 Å². The molecule has 0 radical (unpaired) electrons. The van der Waals surface area contributed by atoms with Crippen LogP contribution in [-0.2, 0) is 10.2 Å². The maximum absolute atomic E-state index is 12.5. The summed E-state index contributed by atoms with van der Waals surface area (Å²) in [4.78, 5) is 0. The standard InChI is InChI=1S/C12H24N2O3S/c1-2-12(15)7-6-10-14(11-12)18(16,17)13-8-4-3-5-9-13/h15H,2-11H2,1H3. The Hall–Kier alpha value is -0.170. The van der Waals surface area contributed by atoms with E-state index in [1.807, 2.05) is 6.92 Å². The fraction of sp³-hybridized carbons (Fsp3) is 1.00. The van der Waals surface area contributed by atoms with E-state index < -0.39 is 15.8 Å². The smallest absolute Gasteiger partial charge is 0.282 e. The van der Waals surface area contributed by atoms with E-state index in [0.717, 1.165) is 25.7 Å². The van der Waals surface area contributed by atoms with Crippen LogP contribution in [0.2, 0.25) is 0 Å². The highest BCUT2D eigenvalue weighted by atomic mass is 32.2. The molecule has 2 heterocycles.